The summed E-state index contributed by atoms with van der Waals surface area (Å²) in [6.45, 7) is 4.72. The van der Waals surface area contributed by atoms with Crippen molar-refractivity contribution < 1.29 is 14.6 Å². The highest BCUT2D eigenvalue weighted by Gasteiger charge is 2.30. The van der Waals surface area contributed by atoms with E-state index in [1.165, 1.54) is 0 Å². The van der Waals surface area contributed by atoms with Crippen LogP contribution in [0.2, 0.25) is 0 Å². The zero-order valence-electron chi connectivity index (χ0n) is 11.1. The molecule has 2 atom stereocenters. The Labute approximate surface area is 117 Å². The molecule has 1 amide bonds. The van der Waals surface area contributed by atoms with Gasteiger partial charge in [0, 0.05) is 6.54 Å². The molecule has 0 spiro atoms. The summed E-state index contributed by atoms with van der Waals surface area (Å²) in [4.78, 5) is 14.2. The lowest BCUT2D eigenvalue weighted by Gasteiger charge is -2.37. The molecule has 5 heteroatoms. The molecule has 2 unspecified atom stereocenters. The van der Waals surface area contributed by atoms with Crippen LogP contribution in [0, 0.1) is 6.92 Å². The van der Waals surface area contributed by atoms with Crippen LogP contribution >= 0.6 is 11.6 Å². The van der Waals surface area contributed by atoms with Crippen LogP contribution in [-0.2, 0) is 4.74 Å². The zero-order chi connectivity index (χ0) is 14.0. The molecule has 0 saturated carbocycles. The number of halogens is 1. The number of hydrogen-bond donors (Lipinski definition) is 1. The third kappa shape index (κ3) is 3.01. The Balaban J connectivity index is 2.22. The third-order valence-corrected chi connectivity index (χ3v) is 3.67. The van der Waals surface area contributed by atoms with Crippen molar-refractivity contribution in [1.82, 2.24) is 4.90 Å². The molecular weight excluding hydrogens is 266 g/mol. The largest absolute Gasteiger partial charge is 0.507 e. The van der Waals surface area contributed by atoms with E-state index in [2.05, 4.69) is 0 Å². The number of phenols is 1. The van der Waals surface area contributed by atoms with Gasteiger partial charge in [0.15, 0.2) is 0 Å². The molecule has 1 N–H and O–H groups in total. The number of carbonyl (C=O) groups is 1. The van der Waals surface area contributed by atoms with Crippen LogP contribution in [0.25, 0.3) is 0 Å². The van der Waals surface area contributed by atoms with Crippen molar-refractivity contribution in [3.05, 3.63) is 29.3 Å². The van der Waals surface area contributed by atoms with Crippen molar-refractivity contribution in [1.29, 1.82) is 0 Å². The van der Waals surface area contributed by atoms with Crippen molar-refractivity contribution in [3.8, 4) is 5.75 Å². The van der Waals surface area contributed by atoms with Crippen LogP contribution < -0.4 is 0 Å². The Morgan fingerprint density at radius 2 is 2.32 bits per heavy atom. The first-order chi connectivity index (χ1) is 9.02. The van der Waals surface area contributed by atoms with Crippen LogP contribution in [0.5, 0.6) is 5.75 Å². The molecule has 1 saturated heterocycles. The van der Waals surface area contributed by atoms with Gasteiger partial charge >= 0.3 is 0 Å². The van der Waals surface area contributed by atoms with Gasteiger partial charge in [-0.25, -0.2) is 0 Å². The van der Waals surface area contributed by atoms with E-state index in [1.807, 2.05) is 19.9 Å². The molecule has 0 aliphatic carbocycles. The van der Waals surface area contributed by atoms with Crippen LogP contribution in [0.3, 0.4) is 0 Å². The Kier molecular flexibility index (Phi) is 4.32. The lowest BCUT2D eigenvalue weighted by Crippen LogP contribution is -2.51. The van der Waals surface area contributed by atoms with Crippen LogP contribution in [0.4, 0.5) is 0 Å². The second kappa shape index (κ2) is 5.80. The number of hydrogen-bond acceptors (Lipinski definition) is 3. The van der Waals surface area contributed by atoms with E-state index in [4.69, 9.17) is 16.3 Å². The van der Waals surface area contributed by atoms with E-state index in [9.17, 15) is 9.90 Å². The summed E-state index contributed by atoms with van der Waals surface area (Å²) in [5, 5.41) is 9.90. The standard InChI is InChI=1S/C14H18ClNO3/c1-9-3-4-12(13(17)5-9)14(18)16-7-11(6-15)19-8-10(16)2/h3-5,10-11,17H,6-8H2,1-2H3. The number of aryl methyl sites for hydroxylation is 1. The van der Waals surface area contributed by atoms with E-state index >= 15 is 0 Å². The Hall–Kier alpha value is -1.26. The molecular formula is C14H18ClNO3. The topological polar surface area (TPSA) is 49.8 Å². The average Bonchev–Trinajstić information content (AvgIpc) is 2.38. The molecule has 0 aromatic heterocycles. The molecule has 104 valence electrons. The van der Waals surface area contributed by atoms with Gasteiger partial charge < -0.3 is 14.7 Å². The van der Waals surface area contributed by atoms with Crippen molar-refractivity contribution >= 4 is 17.5 Å². The minimum Gasteiger partial charge on any atom is -0.507 e. The summed E-state index contributed by atoms with van der Waals surface area (Å²) in [6, 6.07) is 5.05. The van der Waals surface area contributed by atoms with Crippen molar-refractivity contribution in [2.45, 2.75) is 26.0 Å². The zero-order valence-corrected chi connectivity index (χ0v) is 11.9. The quantitative estimate of drug-likeness (QED) is 0.846. The summed E-state index contributed by atoms with van der Waals surface area (Å²) >= 11 is 5.78. The van der Waals surface area contributed by atoms with Crippen LogP contribution in [0.15, 0.2) is 18.2 Å². The average molecular weight is 284 g/mol. The first-order valence-electron chi connectivity index (χ1n) is 6.31. The van der Waals surface area contributed by atoms with Gasteiger partial charge in [-0.1, -0.05) is 6.07 Å². The minimum absolute atomic E-state index is 0.0196. The van der Waals surface area contributed by atoms with Crippen molar-refractivity contribution in [3.63, 3.8) is 0 Å². The van der Waals surface area contributed by atoms with Gasteiger partial charge in [-0.3, -0.25) is 4.79 Å². The summed E-state index contributed by atoms with van der Waals surface area (Å²) in [6.07, 6.45) is -0.144. The highest BCUT2D eigenvalue weighted by atomic mass is 35.5. The molecule has 19 heavy (non-hydrogen) atoms. The fourth-order valence-electron chi connectivity index (χ4n) is 2.17. The van der Waals surface area contributed by atoms with Gasteiger partial charge in [-0.05, 0) is 31.5 Å². The predicted octanol–water partition coefficient (Wildman–Crippen LogP) is 2.17. The minimum atomic E-state index is -0.177. The number of benzene rings is 1. The highest BCUT2D eigenvalue weighted by Crippen LogP contribution is 2.23. The highest BCUT2D eigenvalue weighted by molar-refractivity contribution is 6.18. The molecule has 1 fully saturated rings. The fourth-order valence-corrected chi connectivity index (χ4v) is 2.36. The Morgan fingerprint density at radius 3 is 2.95 bits per heavy atom. The number of nitrogens with zero attached hydrogens (tertiary/aromatic N) is 1. The monoisotopic (exact) mass is 283 g/mol. The molecule has 0 radical (unpaired) electrons. The third-order valence-electron chi connectivity index (χ3n) is 3.32. The molecule has 1 heterocycles. The number of carbonyl (C=O) groups excluding carboxylic acids is 1. The van der Waals surface area contributed by atoms with Gasteiger partial charge in [0.2, 0.25) is 0 Å². The number of morpholine rings is 1. The number of alkyl halides is 1. The smallest absolute Gasteiger partial charge is 0.258 e. The van der Waals surface area contributed by atoms with Gasteiger partial charge in [-0.15, -0.1) is 11.6 Å². The summed E-state index contributed by atoms with van der Waals surface area (Å²) in [5.41, 5.74) is 1.25. The maximum atomic E-state index is 12.5. The van der Waals surface area contributed by atoms with Gasteiger partial charge in [-0.2, -0.15) is 0 Å². The second-order valence-corrected chi connectivity index (χ2v) is 5.25. The molecule has 1 aromatic rings. The number of ether oxygens (including phenoxy) is 1. The van der Waals surface area contributed by atoms with Crippen LogP contribution in [0.1, 0.15) is 22.8 Å². The van der Waals surface area contributed by atoms with E-state index < -0.39 is 0 Å². The van der Waals surface area contributed by atoms with Gasteiger partial charge in [0.05, 0.1) is 30.2 Å². The van der Waals surface area contributed by atoms with E-state index in [0.717, 1.165) is 5.56 Å². The summed E-state index contributed by atoms with van der Waals surface area (Å²) < 4.78 is 5.52. The van der Waals surface area contributed by atoms with E-state index in [1.54, 1.807) is 17.0 Å². The number of amides is 1. The fraction of sp³-hybridized carbons (Fsp3) is 0.500. The summed E-state index contributed by atoms with van der Waals surface area (Å²) in [7, 11) is 0. The molecule has 1 aliphatic rings. The lowest BCUT2D eigenvalue weighted by molar-refractivity contribution is -0.0372. The van der Waals surface area contributed by atoms with E-state index in [-0.39, 0.29) is 23.8 Å². The Morgan fingerprint density at radius 1 is 1.58 bits per heavy atom. The van der Waals surface area contributed by atoms with Crippen molar-refractivity contribution in [2.24, 2.45) is 0 Å². The number of rotatable bonds is 2. The number of aromatic hydroxyl groups is 1. The van der Waals surface area contributed by atoms with Crippen LogP contribution in [-0.4, -0.2) is 47.1 Å². The molecule has 0 bridgehead atoms. The van der Waals surface area contributed by atoms with E-state index in [0.29, 0.717) is 24.6 Å². The molecule has 1 aromatic carbocycles. The molecule has 4 nitrogen and oxygen atoms in total. The molecule has 1 aliphatic heterocycles. The second-order valence-electron chi connectivity index (χ2n) is 4.94. The first-order valence-corrected chi connectivity index (χ1v) is 6.84. The lowest BCUT2D eigenvalue weighted by atomic mass is 10.1. The van der Waals surface area contributed by atoms with Crippen molar-refractivity contribution in [2.75, 3.05) is 19.0 Å². The number of phenolic OH excluding ortho intramolecular Hbond substituents is 1. The maximum Gasteiger partial charge on any atom is 0.258 e. The summed E-state index contributed by atoms with van der Waals surface area (Å²) in [5.74, 6) is 0.200. The first kappa shape index (κ1) is 14.2. The Bertz CT molecular complexity index is 478. The SMILES string of the molecule is Cc1ccc(C(=O)N2CC(CCl)OCC2C)c(O)c1. The van der Waals surface area contributed by atoms with Gasteiger partial charge in [0.1, 0.15) is 5.75 Å². The van der Waals surface area contributed by atoms with Gasteiger partial charge in [0.25, 0.3) is 5.91 Å². The molecule has 2 rings (SSSR count). The predicted molar refractivity (Wildman–Crippen MR) is 73.8 cm³/mol. The maximum absolute atomic E-state index is 12.5. The normalized spacial score (nSPS) is 23.4.